The zero-order valence-electron chi connectivity index (χ0n) is 6.61. The van der Waals surface area contributed by atoms with E-state index in [1.807, 2.05) is 22.6 Å². The van der Waals surface area contributed by atoms with Gasteiger partial charge in [0.05, 0.1) is 20.7 Å². The van der Waals surface area contributed by atoms with Crippen molar-refractivity contribution in [3.8, 4) is 0 Å². The van der Waals surface area contributed by atoms with E-state index in [4.69, 9.17) is 0 Å². The van der Waals surface area contributed by atoms with Crippen LogP contribution in [0.15, 0.2) is 16.6 Å². The van der Waals surface area contributed by atoms with E-state index in [0.717, 1.165) is 0 Å². The zero-order chi connectivity index (χ0) is 10.0. The molecule has 0 bridgehead atoms. The van der Waals surface area contributed by atoms with Gasteiger partial charge < -0.3 is 4.74 Å². The fourth-order valence-corrected chi connectivity index (χ4v) is 2.25. The Kier molecular flexibility index (Phi) is 3.66. The molecule has 5 heteroatoms. The molecular weight excluding hydrogens is 354 g/mol. The fourth-order valence-electron chi connectivity index (χ4n) is 0.791. The SMILES string of the molecule is COC(=O)c1cc(Br)c(F)c(I)c1. The molecule has 0 atom stereocenters. The molecular formula is C8H5BrFIO2. The topological polar surface area (TPSA) is 26.3 Å². The third-order valence-electron chi connectivity index (χ3n) is 1.40. The van der Waals surface area contributed by atoms with Gasteiger partial charge in [0.15, 0.2) is 5.82 Å². The van der Waals surface area contributed by atoms with E-state index in [2.05, 4.69) is 20.7 Å². The van der Waals surface area contributed by atoms with E-state index >= 15 is 0 Å². The normalized spacial score (nSPS) is 9.85. The van der Waals surface area contributed by atoms with Crippen molar-refractivity contribution < 1.29 is 13.9 Å². The van der Waals surface area contributed by atoms with E-state index in [0.29, 0.717) is 9.13 Å². The highest BCUT2D eigenvalue weighted by Gasteiger charge is 2.11. The molecule has 0 saturated carbocycles. The van der Waals surface area contributed by atoms with Crippen LogP contribution < -0.4 is 0 Å². The summed E-state index contributed by atoms with van der Waals surface area (Å²) in [4.78, 5) is 11.1. The molecule has 0 aliphatic rings. The molecule has 0 amide bonds. The lowest BCUT2D eigenvalue weighted by atomic mass is 10.2. The Bertz CT molecular complexity index is 331. The first-order valence-electron chi connectivity index (χ1n) is 3.29. The lowest BCUT2D eigenvalue weighted by Crippen LogP contribution is -2.02. The van der Waals surface area contributed by atoms with E-state index < -0.39 is 5.97 Å². The number of rotatable bonds is 1. The maximum Gasteiger partial charge on any atom is 0.337 e. The molecule has 1 aromatic carbocycles. The van der Waals surface area contributed by atoms with Crippen LogP contribution in [0.4, 0.5) is 4.39 Å². The van der Waals surface area contributed by atoms with Gasteiger partial charge in [-0.2, -0.15) is 0 Å². The molecule has 2 nitrogen and oxygen atoms in total. The first-order chi connectivity index (χ1) is 6.06. The van der Waals surface area contributed by atoms with Gasteiger partial charge in [0.1, 0.15) is 0 Å². The fraction of sp³-hybridized carbons (Fsp3) is 0.125. The number of carbonyl (C=O) groups excluding carboxylic acids is 1. The maximum absolute atomic E-state index is 13.1. The highest BCUT2D eigenvalue weighted by atomic mass is 127. The molecule has 0 spiro atoms. The van der Waals surface area contributed by atoms with Gasteiger partial charge in [0.25, 0.3) is 0 Å². The van der Waals surface area contributed by atoms with Gasteiger partial charge >= 0.3 is 5.97 Å². The predicted octanol–water partition coefficient (Wildman–Crippen LogP) is 2.98. The molecule has 13 heavy (non-hydrogen) atoms. The first-order valence-corrected chi connectivity index (χ1v) is 5.16. The highest BCUT2D eigenvalue weighted by Crippen LogP contribution is 2.22. The van der Waals surface area contributed by atoms with Crippen LogP contribution >= 0.6 is 38.5 Å². The standard InChI is InChI=1S/C8H5BrFIO2/c1-13-8(12)4-2-5(9)7(10)6(11)3-4/h2-3H,1H3. The average Bonchev–Trinajstić information content (AvgIpc) is 2.12. The minimum atomic E-state index is -0.474. The van der Waals surface area contributed by atoms with Crippen molar-refractivity contribution in [3.63, 3.8) is 0 Å². The summed E-state index contributed by atoms with van der Waals surface area (Å²) >= 11 is 4.82. The lowest BCUT2D eigenvalue weighted by molar-refractivity contribution is 0.0600. The van der Waals surface area contributed by atoms with Crippen molar-refractivity contribution in [2.45, 2.75) is 0 Å². The summed E-state index contributed by atoms with van der Waals surface area (Å²) in [6.45, 7) is 0. The van der Waals surface area contributed by atoms with Crippen LogP contribution in [-0.4, -0.2) is 13.1 Å². The second-order valence-corrected chi connectivity index (χ2v) is 4.26. The number of esters is 1. The van der Waals surface area contributed by atoms with Crippen LogP contribution in [0.5, 0.6) is 0 Å². The van der Waals surface area contributed by atoms with Gasteiger partial charge in [-0.3, -0.25) is 0 Å². The van der Waals surface area contributed by atoms with Crippen LogP contribution in [0, 0.1) is 9.39 Å². The molecule has 0 N–H and O–H groups in total. The van der Waals surface area contributed by atoms with Crippen molar-refractivity contribution in [2.75, 3.05) is 7.11 Å². The Morgan fingerprint density at radius 1 is 1.62 bits per heavy atom. The molecule has 0 saturated heterocycles. The molecule has 0 unspecified atom stereocenters. The van der Waals surface area contributed by atoms with Crippen LogP contribution in [-0.2, 0) is 4.74 Å². The largest absolute Gasteiger partial charge is 0.465 e. The van der Waals surface area contributed by atoms with Gasteiger partial charge in [-0.25, -0.2) is 9.18 Å². The number of hydrogen-bond donors (Lipinski definition) is 0. The summed E-state index contributed by atoms with van der Waals surface area (Å²) in [5.74, 6) is -0.841. The highest BCUT2D eigenvalue weighted by molar-refractivity contribution is 14.1. The number of benzene rings is 1. The quantitative estimate of drug-likeness (QED) is 0.438. The van der Waals surface area contributed by atoms with Gasteiger partial charge in [0, 0.05) is 0 Å². The minimum Gasteiger partial charge on any atom is -0.465 e. The molecule has 1 rings (SSSR count). The molecule has 1 aromatic rings. The van der Waals surface area contributed by atoms with Crippen LogP contribution in [0.25, 0.3) is 0 Å². The number of carbonyl (C=O) groups is 1. The van der Waals surface area contributed by atoms with Crippen molar-refractivity contribution in [1.82, 2.24) is 0 Å². The first kappa shape index (κ1) is 10.9. The third-order valence-corrected chi connectivity index (χ3v) is 2.77. The molecule has 0 aliphatic carbocycles. The van der Waals surface area contributed by atoms with Gasteiger partial charge in [-0.05, 0) is 50.7 Å². The number of hydrogen-bond acceptors (Lipinski definition) is 2. The Labute approximate surface area is 96.7 Å². The second kappa shape index (κ2) is 4.36. The second-order valence-electron chi connectivity index (χ2n) is 2.25. The minimum absolute atomic E-state index is 0.264. The number of methoxy groups -OCH3 is 1. The summed E-state index contributed by atoms with van der Waals surface area (Å²) in [7, 11) is 1.28. The average molecular weight is 359 g/mol. The summed E-state index contributed by atoms with van der Waals surface area (Å²) < 4.78 is 18.2. The van der Waals surface area contributed by atoms with Gasteiger partial charge in [0.2, 0.25) is 0 Å². The van der Waals surface area contributed by atoms with Crippen molar-refractivity contribution in [1.29, 1.82) is 0 Å². The van der Waals surface area contributed by atoms with E-state index in [1.54, 1.807) is 0 Å². The van der Waals surface area contributed by atoms with Crippen LogP contribution in [0.2, 0.25) is 0 Å². The summed E-state index contributed by atoms with van der Waals surface area (Å²) in [6, 6.07) is 2.83. The molecule has 0 aliphatic heterocycles. The predicted molar refractivity (Wildman–Crippen MR) is 58.2 cm³/mol. The summed E-state index contributed by atoms with van der Waals surface area (Å²) in [5, 5.41) is 0. The Morgan fingerprint density at radius 3 is 2.69 bits per heavy atom. The summed E-state index contributed by atoms with van der Waals surface area (Å²) in [5.41, 5.74) is 0.333. The van der Waals surface area contributed by atoms with E-state index in [-0.39, 0.29) is 10.3 Å². The van der Waals surface area contributed by atoms with E-state index in [9.17, 15) is 9.18 Å². The van der Waals surface area contributed by atoms with Gasteiger partial charge in [-0.15, -0.1) is 0 Å². The van der Waals surface area contributed by atoms with Crippen molar-refractivity contribution >= 4 is 44.5 Å². The third kappa shape index (κ3) is 2.40. The molecule has 0 radical (unpaired) electrons. The lowest BCUT2D eigenvalue weighted by Gasteiger charge is -2.02. The van der Waals surface area contributed by atoms with Crippen LogP contribution in [0.1, 0.15) is 10.4 Å². The van der Waals surface area contributed by atoms with Gasteiger partial charge in [-0.1, -0.05) is 0 Å². The summed E-state index contributed by atoms with van der Waals surface area (Å²) in [6.07, 6.45) is 0. The Hall–Kier alpha value is -0.170. The van der Waals surface area contributed by atoms with Crippen molar-refractivity contribution in [2.24, 2.45) is 0 Å². The molecule has 0 aromatic heterocycles. The molecule has 70 valence electrons. The Morgan fingerprint density at radius 2 is 2.23 bits per heavy atom. The monoisotopic (exact) mass is 358 g/mol. The molecule has 0 heterocycles. The van der Waals surface area contributed by atoms with Crippen molar-refractivity contribution in [3.05, 3.63) is 31.6 Å². The maximum atomic E-state index is 13.1. The molecule has 0 fully saturated rings. The zero-order valence-corrected chi connectivity index (χ0v) is 10.3. The van der Waals surface area contributed by atoms with Crippen LogP contribution in [0.3, 0.4) is 0 Å². The smallest absolute Gasteiger partial charge is 0.337 e. The Balaban J connectivity index is 3.20. The number of ether oxygens (including phenoxy) is 1. The van der Waals surface area contributed by atoms with E-state index in [1.165, 1.54) is 19.2 Å². The number of halogens is 3.